The zero-order valence-electron chi connectivity index (χ0n) is 13.7. The third-order valence-electron chi connectivity index (χ3n) is 3.69. The molecule has 0 aliphatic carbocycles. The highest BCUT2D eigenvalue weighted by atomic mass is 32.2. The van der Waals surface area contributed by atoms with Crippen molar-refractivity contribution in [2.24, 2.45) is 0 Å². The first-order valence-electron chi connectivity index (χ1n) is 7.57. The van der Waals surface area contributed by atoms with Crippen LogP contribution < -0.4 is 9.62 Å². The Morgan fingerprint density at radius 1 is 1.08 bits per heavy atom. The fourth-order valence-corrected chi connectivity index (χ4v) is 4.63. The van der Waals surface area contributed by atoms with E-state index in [1.54, 1.807) is 29.6 Å². The van der Waals surface area contributed by atoms with Gasteiger partial charge in [-0.3, -0.25) is 9.10 Å². The number of amides is 1. The van der Waals surface area contributed by atoms with Gasteiger partial charge in [-0.2, -0.15) is 0 Å². The summed E-state index contributed by atoms with van der Waals surface area (Å²) in [4.78, 5) is 12.2. The Balaban J connectivity index is 1.77. The van der Waals surface area contributed by atoms with Crippen molar-refractivity contribution in [2.75, 3.05) is 16.7 Å². The lowest BCUT2D eigenvalue weighted by Gasteiger charge is -2.18. The van der Waals surface area contributed by atoms with E-state index in [0.717, 1.165) is 15.6 Å². The molecule has 1 aromatic heterocycles. The monoisotopic (exact) mass is 390 g/mol. The molecule has 0 aliphatic heterocycles. The molecule has 0 saturated carbocycles. The SMILES string of the molecule is CN(c1ccc(C(=O)Nc2cccc(F)c2)cc1)S(=O)(=O)c1cccs1. The molecule has 0 spiro atoms. The molecule has 26 heavy (non-hydrogen) atoms. The van der Waals surface area contributed by atoms with Crippen LogP contribution in [0, 0.1) is 5.82 Å². The first-order valence-corrected chi connectivity index (χ1v) is 9.89. The average molecular weight is 390 g/mol. The Morgan fingerprint density at radius 2 is 1.81 bits per heavy atom. The number of hydrogen-bond acceptors (Lipinski definition) is 4. The molecule has 1 heterocycles. The van der Waals surface area contributed by atoms with Crippen molar-refractivity contribution in [1.82, 2.24) is 0 Å². The smallest absolute Gasteiger partial charge is 0.273 e. The van der Waals surface area contributed by atoms with E-state index in [1.807, 2.05) is 0 Å². The van der Waals surface area contributed by atoms with Gasteiger partial charge in [-0.05, 0) is 53.9 Å². The highest BCUT2D eigenvalue weighted by Gasteiger charge is 2.22. The van der Waals surface area contributed by atoms with Gasteiger partial charge < -0.3 is 5.32 Å². The van der Waals surface area contributed by atoms with E-state index >= 15 is 0 Å². The van der Waals surface area contributed by atoms with Crippen LogP contribution in [-0.4, -0.2) is 21.4 Å². The molecule has 0 aliphatic rings. The molecule has 0 fully saturated rings. The molecule has 134 valence electrons. The molecular formula is C18H15FN2O3S2. The molecule has 2 aromatic carbocycles. The summed E-state index contributed by atoms with van der Waals surface area (Å²) in [5.74, 6) is -0.857. The van der Waals surface area contributed by atoms with Gasteiger partial charge in [0.05, 0.1) is 5.69 Å². The van der Waals surface area contributed by atoms with Crippen molar-refractivity contribution in [1.29, 1.82) is 0 Å². The Kier molecular flexibility index (Phi) is 5.06. The van der Waals surface area contributed by atoms with E-state index in [9.17, 15) is 17.6 Å². The van der Waals surface area contributed by atoms with Crippen molar-refractivity contribution >= 4 is 38.6 Å². The Labute approximate surface area is 154 Å². The maximum Gasteiger partial charge on any atom is 0.273 e. The van der Waals surface area contributed by atoms with Gasteiger partial charge in [-0.25, -0.2) is 12.8 Å². The fraction of sp³-hybridized carbons (Fsp3) is 0.0556. The number of carbonyl (C=O) groups is 1. The topological polar surface area (TPSA) is 66.5 Å². The molecule has 0 atom stereocenters. The lowest BCUT2D eigenvalue weighted by Crippen LogP contribution is -2.25. The molecule has 0 saturated heterocycles. The van der Waals surface area contributed by atoms with Crippen molar-refractivity contribution in [2.45, 2.75) is 4.21 Å². The number of thiophene rings is 1. The number of nitrogens with zero attached hydrogens (tertiary/aromatic N) is 1. The summed E-state index contributed by atoms with van der Waals surface area (Å²) in [7, 11) is -2.17. The quantitative estimate of drug-likeness (QED) is 0.717. The molecule has 8 heteroatoms. The lowest BCUT2D eigenvalue weighted by molar-refractivity contribution is 0.102. The van der Waals surface area contributed by atoms with Crippen LogP contribution in [0.3, 0.4) is 0 Å². The number of hydrogen-bond donors (Lipinski definition) is 1. The predicted molar refractivity (Wildman–Crippen MR) is 101 cm³/mol. The molecule has 0 radical (unpaired) electrons. The molecular weight excluding hydrogens is 375 g/mol. The summed E-state index contributed by atoms with van der Waals surface area (Å²) in [5, 5.41) is 4.29. The Hall–Kier alpha value is -2.71. The summed E-state index contributed by atoms with van der Waals surface area (Å²) in [6, 6.07) is 14.9. The van der Waals surface area contributed by atoms with Gasteiger partial charge in [0.2, 0.25) is 0 Å². The number of carbonyl (C=O) groups excluding carboxylic acids is 1. The van der Waals surface area contributed by atoms with Crippen molar-refractivity contribution in [3.63, 3.8) is 0 Å². The minimum atomic E-state index is -3.63. The molecule has 1 N–H and O–H groups in total. The van der Waals surface area contributed by atoms with Crippen LogP contribution in [0.5, 0.6) is 0 Å². The van der Waals surface area contributed by atoms with Gasteiger partial charge in [0.15, 0.2) is 0 Å². The van der Waals surface area contributed by atoms with E-state index in [0.29, 0.717) is 16.9 Å². The van der Waals surface area contributed by atoms with Crippen LogP contribution in [0.4, 0.5) is 15.8 Å². The number of benzene rings is 2. The zero-order chi connectivity index (χ0) is 18.7. The second kappa shape index (κ2) is 7.27. The Bertz CT molecular complexity index is 1020. The van der Waals surface area contributed by atoms with Crippen molar-refractivity contribution in [3.8, 4) is 0 Å². The predicted octanol–water partition coefficient (Wildman–Crippen LogP) is 3.96. The third-order valence-corrected chi connectivity index (χ3v) is 6.84. The Morgan fingerprint density at radius 3 is 2.42 bits per heavy atom. The van der Waals surface area contributed by atoms with E-state index < -0.39 is 21.7 Å². The highest BCUT2D eigenvalue weighted by Crippen LogP contribution is 2.25. The largest absolute Gasteiger partial charge is 0.322 e. The summed E-state index contributed by atoms with van der Waals surface area (Å²) in [6.07, 6.45) is 0. The average Bonchev–Trinajstić information content (AvgIpc) is 3.17. The second-order valence-corrected chi connectivity index (χ2v) is 8.56. The van der Waals surface area contributed by atoms with Gasteiger partial charge in [0.1, 0.15) is 10.0 Å². The maximum absolute atomic E-state index is 13.2. The van der Waals surface area contributed by atoms with Crippen LogP contribution in [0.25, 0.3) is 0 Å². The summed E-state index contributed by atoms with van der Waals surface area (Å²) >= 11 is 1.14. The van der Waals surface area contributed by atoms with Crippen LogP contribution >= 0.6 is 11.3 Å². The first kappa shape index (κ1) is 18.1. The zero-order valence-corrected chi connectivity index (χ0v) is 15.4. The minimum absolute atomic E-state index is 0.243. The first-order chi connectivity index (χ1) is 12.4. The molecule has 0 bridgehead atoms. The fourth-order valence-electron chi connectivity index (χ4n) is 2.28. The van der Waals surface area contributed by atoms with Crippen LogP contribution in [-0.2, 0) is 10.0 Å². The van der Waals surface area contributed by atoms with Crippen LogP contribution in [0.15, 0.2) is 70.3 Å². The minimum Gasteiger partial charge on any atom is -0.322 e. The van der Waals surface area contributed by atoms with Gasteiger partial charge in [-0.1, -0.05) is 12.1 Å². The van der Waals surface area contributed by atoms with Gasteiger partial charge in [0, 0.05) is 18.3 Å². The van der Waals surface area contributed by atoms with Gasteiger partial charge in [0.25, 0.3) is 15.9 Å². The van der Waals surface area contributed by atoms with Crippen LogP contribution in [0.1, 0.15) is 10.4 Å². The number of sulfonamides is 1. The van der Waals surface area contributed by atoms with E-state index in [2.05, 4.69) is 5.32 Å². The summed E-state index contributed by atoms with van der Waals surface area (Å²) in [5.41, 5.74) is 1.11. The van der Waals surface area contributed by atoms with Crippen LogP contribution in [0.2, 0.25) is 0 Å². The number of rotatable bonds is 5. The van der Waals surface area contributed by atoms with E-state index in [4.69, 9.17) is 0 Å². The molecule has 3 rings (SSSR count). The molecule has 1 amide bonds. The van der Waals surface area contributed by atoms with Gasteiger partial charge in [-0.15, -0.1) is 11.3 Å². The normalized spacial score (nSPS) is 11.2. The molecule has 0 unspecified atom stereocenters. The second-order valence-electron chi connectivity index (χ2n) is 5.42. The van der Waals surface area contributed by atoms with Crippen molar-refractivity contribution in [3.05, 3.63) is 77.4 Å². The maximum atomic E-state index is 13.2. The van der Waals surface area contributed by atoms with E-state index in [1.165, 1.54) is 43.4 Å². The van der Waals surface area contributed by atoms with Gasteiger partial charge >= 0.3 is 0 Å². The van der Waals surface area contributed by atoms with E-state index in [-0.39, 0.29) is 4.21 Å². The molecule has 5 nitrogen and oxygen atoms in total. The standard InChI is InChI=1S/C18H15FN2O3S2/c1-21(26(23,24)17-6-3-11-25-17)16-9-7-13(8-10-16)18(22)20-15-5-2-4-14(19)12-15/h2-12H,1H3,(H,20,22). The molecule has 3 aromatic rings. The number of nitrogens with one attached hydrogen (secondary N) is 1. The number of anilines is 2. The number of halogens is 1. The van der Waals surface area contributed by atoms with Crippen molar-refractivity contribution < 1.29 is 17.6 Å². The summed E-state index contributed by atoms with van der Waals surface area (Å²) in [6.45, 7) is 0. The highest BCUT2D eigenvalue weighted by molar-refractivity contribution is 7.94. The third kappa shape index (κ3) is 3.76. The lowest BCUT2D eigenvalue weighted by atomic mass is 10.2. The summed E-state index contributed by atoms with van der Waals surface area (Å²) < 4.78 is 39.6.